The van der Waals surface area contributed by atoms with Crippen LogP contribution in [0.25, 0.3) is 10.9 Å². The van der Waals surface area contributed by atoms with E-state index in [0.717, 1.165) is 49.7 Å². The first-order valence-electron chi connectivity index (χ1n) is 14.0. The highest BCUT2D eigenvalue weighted by atomic mass is 32.2. The summed E-state index contributed by atoms with van der Waals surface area (Å²) in [5, 5.41) is 3.87. The lowest BCUT2D eigenvalue weighted by atomic mass is 9.97. The highest BCUT2D eigenvalue weighted by Gasteiger charge is 2.42. The van der Waals surface area contributed by atoms with Gasteiger partial charge in [-0.1, -0.05) is 18.2 Å². The molecule has 11 heteroatoms. The number of sulfone groups is 1. The summed E-state index contributed by atoms with van der Waals surface area (Å²) < 4.78 is 36.6. The average Bonchev–Trinajstić information content (AvgIpc) is 3.11. The molecular formula is C28H40N4O6S. The fraction of sp³-hybridized carbons (Fsp3) is 0.643. The number of para-hydroxylation sites is 1. The largest absolute Gasteiger partial charge is 0.413 e. The van der Waals surface area contributed by atoms with Gasteiger partial charge in [0.15, 0.2) is 15.6 Å². The molecule has 3 saturated heterocycles. The van der Waals surface area contributed by atoms with E-state index < -0.39 is 15.9 Å². The van der Waals surface area contributed by atoms with Gasteiger partial charge in [0.25, 0.3) is 5.56 Å². The summed E-state index contributed by atoms with van der Waals surface area (Å²) in [5.41, 5.74) is 0.500. The number of nitrogens with zero attached hydrogens (tertiary/aromatic N) is 3. The van der Waals surface area contributed by atoms with E-state index in [-0.39, 0.29) is 41.0 Å². The van der Waals surface area contributed by atoms with E-state index in [9.17, 15) is 18.0 Å². The Morgan fingerprint density at radius 2 is 1.74 bits per heavy atom. The van der Waals surface area contributed by atoms with Crippen LogP contribution in [0.15, 0.2) is 35.1 Å². The van der Waals surface area contributed by atoms with Crippen molar-refractivity contribution < 1.29 is 22.7 Å². The number of nitrogens with one attached hydrogen (secondary N) is 1. The fourth-order valence-electron chi connectivity index (χ4n) is 6.49. The molecule has 5 rings (SSSR count). The zero-order valence-corrected chi connectivity index (χ0v) is 23.9. The Bertz CT molecular complexity index is 1330. The maximum atomic E-state index is 13.1. The lowest BCUT2D eigenvalue weighted by molar-refractivity contribution is 0.00899. The minimum Gasteiger partial charge on any atom is -0.404 e. The molecule has 4 atom stereocenters. The third-order valence-electron chi connectivity index (χ3n) is 8.48. The van der Waals surface area contributed by atoms with Crippen molar-refractivity contribution in [2.45, 2.75) is 69.8 Å². The van der Waals surface area contributed by atoms with Crippen molar-refractivity contribution >= 4 is 26.8 Å². The number of aromatic nitrogens is 1. The second-order valence-electron chi connectivity index (χ2n) is 11.4. The number of piperidine rings is 1. The van der Waals surface area contributed by atoms with Gasteiger partial charge in [0.05, 0.1) is 23.1 Å². The first-order valence-corrected chi connectivity index (χ1v) is 15.8. The van der Waals surface area contributed by atoms with Crippen LogP contribution in [0.4, 0.5) is 4.79 Å². The number of carbonyl (C=O) groups excluding carboxylic acids is 1. The number of amides is 1. The van der Waals surface area contributed by atoms with Crippen LogP contribution < -0.4 is 15.6 Å². The van der Waals surface area contributed by atoms with Crippen molar-refractivity contribution in [2.75, 3.05) is 44.8 Å². The lowest BCUT2D eigenvalue weighted by Gasteiger charge is -2.41. The number of rotatable bonds is 8. The molecular weight excluding hydrogens is 520 g/mol. The molecule has 2 bridgehead atoms. The van der Waals surface area contributed by atoms with Crippen LogP contribution in [0.3, 0.4) is 0 Å². The molecule has 1 aromatic heterocycles. The Labute approximate surface area is 230 Å². The minimum atomic E-state index is -2.90. The number of benzene rings is 1. The summed E-state index contributed by atoms with van der Waals surface area (Å²) in [6.45, 7) is 6.50. The molecule has 3 aliphatic heterocycles. The van der Waals surface area contributed by atoms with Crippen molar-refractivity contribution in [3.8, 4) is 5.75 Å². The summed E-state index contributed by atoms with van der Waals surface area (Å²) >= 11 is 0. The van der Waals surface area contributed by atoms with Gasteiger partial charge < -0.3 is 19.4 Å². The summed E-state index contributed by atoms with van der Waals surface area (Å²) in [6.07, 6.45) is 3.18. The van der Waals surface area contributed by atoms with Gasteiger partial charge in [0.2, 0.25) is 0 Å². The highest BCUT2D eigenvalue weighted by Crippen LogP contribution is 2.36. The molecule has 0 radical (unpaired) electrons. The zero-order chi connectivity index (χ0) is 27.7. The molecule has 2 unspecified atom stereocenters. The van der Waals surface area contributed by atoms with Crippen LogP contribution in [-0.2, 0) is 14.6 Å². The third-order valence-corrected chi connectivity index (χ3v) is 10.1. The van der Waals surface area contributed by atoms with E-state index in [4.69, 9.17) is 9.47 Å². The topological polar surface area (TPSA) is 110 Å². The van der Waals surface area contributed by atoms with Crippen molar-refractivity contribution in [2.24, 2.45) is 0 Å². The van der Waals surface area contributed by atoms with Gasteiger partial charge in [-0.25, -0.2) is 13.2 Å². The number of pyridine rings is 1. The molecule has 0 aliphatic carbocycles. The molecule has 4 heterocycles. The van der Waals surface area contributed by atoms with Crippen molar-refractivity contribution in [1.82, 2.24) is 19.7 Å². The Kier molecular flexibility index (Phi) is 8.32. The standard InChI is InChI=1S/C28H40N4O6S/c1-19(2)32-25-7-5-4-6-20(25)14-26(27(32)33)38-28(34)29-21-15-22-8-9-23(16-21)31(22)18-24(37-3)17-30-10-12-39(35,36)13-11-30/h4-7,14,19,21-24H,8-13,15-18H2,1-3H3,(H,29,34)/t21?,22-,23+,24?. The monoisotopic (exact) mass is 560 g/mol. The number of hydrogen-bond acceptors (Lipinski definition) is 8. The molecule has 1 aromatic carbocycles. The zero-order valence-electron chi connectivity index (χ0n) is 23.0. The van der Waals surface area contributed by atoms with Crippen molar-refractivity contribution in [1.29, 1.82) is 0 Å². The van der Waals surface area contributed by atoms with Crippen LogP contribution in [0, 0.1) is 0 Å². The third kappa shape index (κ3) is 6.32. The molecule has 3 aliphatic rings. The normalized spacial score (nSPS) is 26.1. The van der Waals surface area contributed by atoms with Gasteiger partial charge >= 0.3 is 6.09 Å². The Hall–Kier alpha value is -2.47. The van der Waals surface area contributed by atoms with Gasteiger partial charge in [0.1, 0.15) is 0 Å². The second-order valence-corrected chi connectivity index (χ2v) is 13.7. The molecule has 1 amide bonds. The van der Waals surface area contributed by atoms with E-state index in [2.05, 4.69) is 15.1 Å². The first kappa shape index (κ1) is 28.1. The smallest absolute Gasteiger partial charge is 0.404 e. The molecule has 1 N–H and O–H groups in total. The van der Waals surface area contributed by atoms with E-state index >= 15 is 0 Å². The molecule has 3 fully saturated rings. The summed E-state index contributed by atoms with van der Waals surface area (Å²) in [6, 6.07) is 9.83. The summed E-state index contributed by atoms with van der Waals surface area (Å²) in [5.74, 6) is 0.465. The maximum absolute atomic E-state index is 13.1. The molecule has 0 spiro atoms. The van der Waals surface area contributed by atoms with Crippen LogP contribution in [0.2, 0.25) is 0 Å². The van der Waals surface area contributed by atoms with E-state index in [1.54, 1.807) is 17.7 Å². The number of carbonyl (C=O) groups is 1. The number of methoxy groups -OCH3 is 1. The highest BCUT2D eigenvalue weighted by molar-refractivity contribution is 7.91. The maximum Gasteiger partial charge on any atom is 0.413 e. The van der Waals surface area contributed by atoms with E-state index in [0.29, 0.717) is 25.2 Å². The Balaban J connectivity index is 1.18. The van der Waals surface area contributed by atoms with Crippen LogP contribution in [0.5, 0.6) is 5.75 Å². The first-order chi connectivity index (χ1) is 18.6. The Morgan fingerprint density at radius 1 is 1.08 bits per heavy atom. The Morgan fingerprint density at radius 3 is 2.38 bits per heavy atom. The molecule has 39 heavy (non-hydrogen) atoms. The number of fused-ring (bicyclic) bond motifs is 3. The minimum absolute atomic E-state index is 0.000546. The van der Waals surface area contributed by atoms with Gasteiger partial charge in [-0.15, -0.1) is 0 Å². The molecule has 10 nitrogen and oxygen atoms in total. The van der Waals surface area contributed by atoms with Crippen LogP contribution in [0.1, 0.15) is 45.6 Å². The predicted molar refractivity (Wildman–Crippen MR) is 150 cm³/mol. The predicted octanol–water partition coefficient (Wildman–Crippen LogP) is 2.41. The molecule has 0 saturated carbocycles. The van der Waals surface area contributed by atoms with Crippen LogP contribution >= 0.6 is 0 Å². The van der Waals surface area contributed by atoms with E-state index in [1.807, 2.05) is 38.1 Å². The SMILES string of the molecule is COC(CN1CCS(=O)(=O)CC1)CN1[C@@H]2CC[C@H]1CC(NC(=O)Oc1cc3ccccc3n(C(C)C)c1=O)C2. The average molecular weight is 561 g/mol. The quantitative estimate of drug-likeness (QED) is 0.524. The summed E-state index contributed by atoms with van der Waals surface area (Å²) in [7, 11) is -1.18. The van der Waals surface area contributed by atoms with Crippen molar-refractivity contribution in [3.05, 3.63) is 40.7 Å². The van der Waals surface area contributed by atoms with E-state index in [1.165, 1.54) is 0 Å². The van der Waals surface area contributed by atoms with Gasteiger partial charge in [-0.2, -0.15) is 0 Å². The molecule has 214 valence electrons. The van der Waals surface area contributed by atoms with Gasteiger partial charge in [0, 0.05) is 62.8 Å². The van der Waals surface area contributed by atoms with Gasteiger partial charge in [-0.05, 0) is 51.7 Å². The fourth-order valence-corrected chi connectivity index (χ4v) is 7.77. The number of hydrogen-bond donors (Lipinski definition) is 1. The van der Waals surface area contributed by atoms with Gasteiger partial charge in [-0.3, -0.25) is 14.6 Å². The lowest BCUT2D eigenvalue weighted by Crippen LogP contribution is -2.54. The number of ether oxygens (including phenoxy) is 2. The van der Waals surface area contributed by atoms with Crippen LogP contribution in [-0.4, -0.2) is 97.9 Å². The van der Waals surface area contributed by atoms with Crippen molar-refractivity contribution in [3.63, 3.8) is 0 Å². The molecule has 2 aromatic rings. The summed E-state index contributed by atoms with van der Waals surface area (Å²) in [4.78, 5) is 30.7. The second kappa shape index (κ2) is 11.6.